The van der Waals surface area contributed by atoms with Crippen molar-refractivity contribution in [2.75, 3.05) is 5.32 Å². The zero-order chi connectivity index (χ0) is 13.7. The monoisotopic (exact) mass is 262 g/mol. The molecule has 1 aromatic rings. The fourth-order valence-corrected chi connectivity index (χ4v) is 2.32. The maximum Gasteiger partial charge on any atom is 0.270 e. The molecule has 1 aromatic heterocycles. The summed E-state index contributed by atoms with van der Waals surface area (Å²) >= 11 is 0. The Morgan fingerprint density at radius 2 is 2.05 bits per heavy atom. The minimum atomic E-state index is -0.0962. The van der Waals surface area contributed by atoms with Crippen molar-refractivity contribution in [1.82, 2.24) is 15.3 Å². The SMILES string of the molecule is CC(C)Nc1nccc(C(=O)NC2CCCCC2)n1. The van der Waals surface area contributed by atoms with Crippen LogP contribution in [0, 0.1) is 0 Å². The highest BCUT2D eigenvalue weighted by Gasteiger charge is 2.17. The van der Waals surface area contributed by atoms with Gasteiger partial charge >= 0.3 is 0 Å². The Kier molecular flexibility index (Phi) is 4.71. The number of nitrogens with one attached hydrogen (secondary N) is 2. The van der Waals surface area contributed by atoms with Crippen molar-refractivity contribution in [2.45, 2.75) is 58.0 Å². The molecule has 0 atom stereocenters. The fraction of sp³-hybridized carbons (Fsp3) is 0.643. The van der Waals surface area contributed by atoms with Gasteiger partial charge in [0.25, 0.3) is 5.91 Å². The molecule has 0 unspecified atom stereocenters. The van der Waals surface area contributed by atoms with E-state index in [1.54, 1.807) is 12.3 Å². The van der Waals surface area contributed by atoms with Gasteiger partial charge in [0, 0.05) is 18.3 Å². The molecule has 19 heavy (non-hydrogen) atoms. The Balaban J connectivity index is 1.97. The maximum absolute atomic E-state index is 12.1. The molecule has 1 amide bonds. The molecular formula is C14H22N4O. The van der Waals surface area contributed by atoms with Crippen molar-refractivity contribution < 1.29 is 4.79 Å². The number of anilines is 1. The van der Waals surface area contributed by atoms with Gasteiger partial charge < -0.3 is 10.6 Å². The van der Waals surface area contributed by atoms with Gasteiger partial charge in [0.2, 0.25) is 5.95 Å². The fourth-order valence-electron chi connectivity index (χ4n) is 2.32. The van der Waals surface area contributed by atoms with Crippen LogP contribution in [0.3, 0.4) is 0 Å². The van der Waals surface area contributed by atoms with E-state index in [4.69, 9.17) is 0 Å². The standard InChI is InChI=1S/C14H22N4O/c1-10(2)16-14-15-9-8-12(18-14)13(19)17-11-6-4-3-5-7-11/h8-11H,3-7H2,1-2H3,(H,17,19)(H,15,16,18). The van der Waals surface area contributed by atoms with Gasteiger partial charge in [-0.05, 0) is 32.8 Å². The van der Waals surface area contributed by atoms with E-state index in [9.17, 15) is 4.79 Å². The van der Waals surface area contributed by atoms with Crippen molar-refractivity contribution in [3.63, 3.8) is 0 Å². The molecule has 1 aliphatic rings. The topological polar surface area (TPSA) is 66.9 Å². The molecule has 2 N–H and O–H groups in total. The lowest BCUT2D eigenvalue weighted by Gasteiger charge is -2.22. The van der Waals surface area contributed by atoms with Crippen LogP contribution in [0.5, 0.6) is 0 Å². The number of carbonyl (C=O) groups is 1. The van der Waals surface area contributed by atoms with Crippen LogP contribution in [-0.2, 0) is 0 Å². The molecule has 0 saturated heterocycles. The van der Waals surface area contributed by atoms with Crippen molar-refractivity contribution in [3.8, 4) is 0 Å². The van der Waals surface area contributed by atoms with E-state index < -0.39 is 0 Å². The molecule has 104 valence electrons. The molecule has 0 aromatic carbocycles. The number of rotatable bonds is 4. The van der Waals surface area contributed by atoms with Gasteiger partial charge in [0.05, 0.1) is 0 Å². The van der Waals surface area contributed by atoms with Crippen molar-refractivity contribution in [2.24, 2.45) is 0 Å². The Labute approximate surface area is 114 Å². The Bertz CT molecular complexity index is 427. The summed E-state index contributed by atoms with van der Waals surface area (Å²) in [4.78, 5) is 20.5. The smallest absolute Gasteiger partial charge is 0.270 e. The van der Waals surface area contributed by atoms with E-state index >= 15 is 0 Å². The van der Waals surface area contributed by atoms with Gasteiger partial charge in [0.15, 0.2) is 0 Å². The van der Waals surface area contributed by atoms with E-state index in [2.05, 4.69) is 20.6 Å². The highest BCUT2D eigenvalue weighted by atomic mass is 16.1. The van der Waals surface area contributed by atoms with Crippen LogP contribution < -0.4 is 10.6 Å². The number of nitrogens with zero attached hydrogens (tertiary/aromatic N) is 2. The molecule has 5 heteroatoms. The minimum Gasteiger partial charge on any atom is -0.352 e. The highest BCUT2D eigenvalue weighted by molar-refractivity contribution is 5.92. The molecular weight excluding hydrogens is 240 g/mol. The molecule has 1 saturated carbocycles. The number of carbonyl (C=O) groups excluding carboxylic acids is 1. The summed E-state index contributed by atoms with van der Waals surface area (Å²) in [7, 11) is 0. The van der Waals surface area contributed by atoms with E-state index in [1.165, 1.54) is 19.3 Å². The summed E-state index contributed by atoms with van der Waals surface area (Å²) in [5.74, 6) is 0.410. The van der Waals surface area contributed by atoms with Crippen LogP contribution in [0.15, 0.2) is 12.3 Å². The second kappa shape index (κ2) is 6.50. The molecule has 0 spiro atoms. The lowest BCUT2D eigenvalue weighted by Crippen LogP contribution is -2.36. The lowest BCUT2D eigenvalue weighted by molar-refractivity contribution is 0.0922. The minimum absolute atomic E-state index is 0.0962. The zero-order valence-corrected chi connectivity index (χ0v) is 11.6. The number of hydrogen-bond acceptors (Lipinski definition) is 4. The summed E-state index contributed by atoms with van der Waals surface area (Å²) in [6, 6.07) is 2.21. The van der Waals surface area contributed by atoms with Gasteiger partial charge in [-0.25, -0.2) is 9.97 Å². The lowest BCUT2D eigenvalue weighted by atomic mass is 9.95. The predicted octanol–water partition coefficient (Wildman–Crippen LogP) is 2.36. The van der Waals surface area contributed by atoms with Gasteiger partial charge in [-0.3, -0.25) is 4.79 Å². The van der Waals surface area contributed by atoms with Crippen LogP contribution in [0.1, 0.15) is 56.4 Å². The van der Waals surface area contributed by atoms with Crippen molar-refractivity contribution >= 4 is 11.9 Å². The summed E-state index contributed by atoms with van der Waals surface area (Å²) < 4.78 is 0. The van der Waals surface area contributed by atoms with Gasteiger partial charge in [-0.2, -0.15) is 0 Å². The molecule has 1 heterocycles. The molecule has 0 radical (unpaired) electrons. The maximum atomic E-state index is 12.1. The average molecular weight is 262 g/mol. The Hall–Kier alpha value is -1.65. The number of hydrogen-bond donors (Lipinski definition) is 2. The first-order valence-corrected chi connectivity index (χ1v) is 7.05. The van der Waals surface area contributed by atoms with E-state index in [1.807, 2.05) is 13.8 Å². The van der Waals surface area contributed by atoms with E-state index in [0.29, 0.717) is 17.7 Å². The van der Waals surface area contributed by atoms with Crippen molar-refractivity contribution in [1.29, 1.82) is 0 Å². The molecule has 0 bridgehead atoms. The van der Waals surface area contributed by atoms with Crippen LogP contribution in [0.25, 0.3) is 0 Å². The van der Waals surface area contributed by atoms with Gasteiger partial charge in [-0.15, -0.1) is 0 Å². The predicted molar refractivity (Wildman–Crippen MR) is 75.1 cm³/mol. The molecule has 2 rings (SSSR count). The van der Waals surface area contributed by atoms with Crippen molar-refractivity contribution in [3.05, 3.63) is 18.0 Å². The first-order chi connectivity index (χ1) is 9.15. The summed E-state index contributed by atoms with van der Waals surface area (Å²) in [6.45, 7) is 4.02. The largest absolute Gasteiger partial charge is 0.352 e. The number of amides is 1. The number of aromatic nitrogens is 2. The third-order valence-electron chi connectivity index (χ3n) is 3.25. The second-order valence-electron chi connectivity index (χ2n) is 5.37. The second-order valence-corrected chi connectivity index (χ2v) is 5.37. The Morgan fingerprint density at radius 1 is 1.32 bits per heavy atom. The Morgan fingerprint density at radius 3 is 2.74 bits per heavy atom. The zero-order valence-electron chi connectivity index (χ0n) is 11.6. The summed E-state index contributed by atoms with van der Waals surface area (Å²) in [6.07, 6.45) is 7.46. The van der Waals surface area contributed by atoms with Gasteiger partial charge in [0.1, 0.15) is 5.69 Å². The van der Waals surface area contributed by atoms with Gasteiger partial charge in [-0.1, -0.05) is 19.3 Å². The third-order valence-corrected chi connectivity index (χ3v) is 3.25. The summed E-state index contributed by atoms with van der Waals surface area (Å²) in [5.41, 5.74) is 0.434. The highest BCUT2D eigenvalue weighted by Crippen LogP contribution is 2.17. The first-order valence-electron chi connectivity index (χ1n) is 7.05. The molecule has 1 fully saturated rings. The molecule has 1 aliphatic carbocycles. The molecule has 0 aliphatic heterocycles. The quantitative estimate of drug-likeness (QED) is 0.874. The molecule has 5 nitrogen and oxygen atoms in total. The van der Waals surface area contributed by atoms with E-state index in [0.717, 1.165) is 12.8 Å². The van der Waals surface area contributed by atoms with E-state index in [-0.39, 0.29) is 11.9 Å². The first kappa shape index (κ1) is 13.8. The summed E-state index contributed by atoms with van der Waals surface area (Å²) in [5, 5.41) is 6.16. The average Bonchev–Trinajstić information content (AvgIpc) is 2.39. The van der Waals surface area contributed by atoms with Crippen LogP contribution in [-0.4, -0.2) is 28.0 Å². The third kappa shape index (κ3) is 4.19. The normalized spacial score (nSPS) is 16.4. The van der Waals surface area contributed by atoms with Crippen LogP contribution in [0.2, 0.25) is 0 Å². The van der Waals surface area contributed by atoms with Crippen LogP contribution in [0.4, 0.5) is 5.95 Å². The van der Waals surface area contributed by atoms with Crippen LogP contribution >= 0.6 is 0 Å².